The summed E-state index contributed by atoms with van der Waals surface area (Å²) >= 11 is 0. The molecule has 20 heavy (non-hydrogen) atoms. The van der Waals surface area contributed by atoms with Crippen LogP contribution in [0.2, 0.25) is 0 Å². The molecule has 0 aromatic carbocycles. The van der Waals surface area contributed by atoms with Crippen LogP contribution in [0.5, 0.6) is 0 Å². The molecule has 1 aliphatic heterocycles. The lowest BCUT2D eigenvalue weighted by Crippen LogP contribution is -2.51. The van der Waals surface area contributed by atoms with Gasteiger partial charge in [-0.3, -0.25) is 0 Å². The Bertz CT molecular complexity index is 573. The van der Waals surface area contributed by atoms with Crippen LogP contribution < -0.4 is 5.73 Å². The molecule has 2 aliphatic rings. The van der Waals surface area contributed by atoms with Gasteiger partial charge < -0.3 is 10.5 Å². The van der Waals surface area contributed by atoms with Gasteiger partial charge >= 0.3 is 0 Å². The highest BCUT2D eigenvalue weighted by Crippen LogP contribution is 2.32. The summed E-state index contributed by atoms with van der Waals surface area (Å²) in [5.41, 5.74) is 6.33. The number of nitrogens with zero attached hydrogens (tertiary/aromatic N) is 2. The zero-order valence-electron chi connectivity index (χ0n) is 11.2. The zero-order valence-corrected chi connectivity index (χ0v) is 12.1. The monoisotopic (exact) mass is 297 g/mol. The van der Waals surface area contributed by atoms with E-state index in [4.69, 9.17) is 10.5 Å². The molecular weight excluding hydrogens is 278 g/mol. The van der Waals surface area contributed by atoms with Crippen molar-refractivity contribution < 1.29 is 13.2 Å². The summed E-state index contributed by atoms with van der Waals surface area (Å²) in [6, 6.07) is 3.22. The van der Waals surface area contributed by atoms with Gasteiger partial charge in [-0.2, -0.15) is 4.31 Å². The van der Waals surface area contributed by atoms with Crippen LogP contribution >= 0.6 is 0 Å². The normalized spacial score (nSPS) is 27.4. The van der Waals surface area contributed by atoms with Gasteiger partial charge in [0, 0.05) is 19.3 Å². The summed E-state index contributed by atoms with van der Waals surface area (Å²) in [6.45, 7) is 1.22. The number of aromatic nitrogens is 1. The van der Waals surface area contributed by atoms with Gasteiger partial charge in [0.15, 0.2) is 5.03 Å². The number of hydrogen-bond donors (Lipinski definition) is 1. The SMILES string of the molecule is NCc1ccc(S(=O)(=O)N2CCOC3CCCC32)nc1. The van der Waals surface area contributed by atoms with Gasteiger partial charge in [0.05, 0.1) is 18.8 Å². The Hall–Kier alpha value is -1.02. The molecule has 0 spiro atoms. The van der Waals surface area contributed by atoms with Crippen LogP contribution in [-0.4, -0.2) is 43.0 Å². The molecular formula is C13H19N3O3S. The Balaban J connectivity index is 1.89. The van der Waals surface area contributed by atoms with Crippen LogP contribution in [0.1, 0.15) is 24.8 Å². The fraction of sp³-hybridized carbons (Fsp3) is 0.615. The van der Waals surface area contributed by atoms with E-state index >= 15 is 0 Å². The van der Waals surface area contributed by atoms with Crippen LogP contribution in [-0.2, 0) is 21.3 Å². The maximum absolute atomic E-state index is 12.7. The van der Waals surface area contributed by atoms with Gasteiger partial charge in [-0.15, -0.1) is 0 Å². The third-order valence-electron chi connectivity index (χ3n) is 4.04. The van der Waals surface area contributed by atoms with Crippen molar-refractivity contribution in [1.82, 2.24) is 9.29 Å². The molecule has 0 amide bonds. The van der Waals surface area contributed by atoms with Crippen molar-refractivity contribution in [3.05, 3.63) is 23.9 Å². The number of hydrogen-bond acceptors (Lipinski definition) is 5. The number of morpholine rings is 1. The Labute approximate surface area is 119 Å². The summed E-state index contributed by atoms with van der Waals surface area (Å²) in [4.78, 5) is 4.06. The largest absolute Gasteiger partial charge is 0.375 e. The first kappa shape index (κ1) is 13.9. The van der Waals surface area contributed by atoms with Crippen molar-refractivity contribution in [3.63, 3.8) is 0 Å². The summed E-state index contributed by atoms with van der Waals surface area (Å²) in [5, 5.41) is 0.0993. The summed E-state index contributed by atoms with van der Waals surface area (Å²) in [7, 11) is -3.54. The number of rotatable bonds is 3. The first-order chi connectivity index (χ1) is 9.63. The van der Waals surface area contributed by atoms with Gasteiger partial charge in [-0.25, -0.2) is 13.4 Å². The maximum atomic E-state index is 12.7. The lowest BCUT2D eigenvalue weighted by atomic mass is 10.2. The molecule has 1 saturated heterocycles. The Morgan fingerprint density at radius 3 is 2.95 bits per heavy atom. The predicted molar refractivity (Wildman–Crippen MR) is 73.4 cm³/mol. The number of pyridine rings is 1. The minimum absolute atomic E-state index is 0.0373. The minimum Gasteiger partial charge on any atom is -0.375 e. The van der Waals surface area contributed by atoms with Crippen LogP contribution in [0.4, 0.5) is 0 Å². The summed E-state index contributed by atoms with van der Waals surface area (Å²) < 4.78 is 32.6. The van der Waals surface area contributed by atoms with Crippen LogP contribution in [0.3, 0.4) is 0 Å². The highest BCUT2D eigenvalue weighted by atomic mass is 32.2. The van der Waals surface area contributed by atoms with E-state index in [1.54, 1.807) is 10.4 Å². The second-order valence-corrected chi connectivity index (χ2v) is 7.07. The second kappa shape index (κ2) is 5.40. The Kier molecular flexibility index (Phi) is 3.76. The number of ether oxygens (including phenoxy) is 1. The first-order valence-electron chi connectivity index (χ1n) is 6.91. The van der Waals surface area contributed by atoms with Crippen molar-refractivity contribution in [2.45, 2.75) is 43.0 Å². The second-order valence-electron chi connectivity index (χ2n) is 5.23. The average molecular weight is 297 g/mol. The molecule has 2 heterocycles. The van der Waals surface area contributed by atoms with E-state index in [0.29, 0.717) is 19.7 Å². The molecule has 1 saturated carbocycles. The molecule has 0 radical (unpaired) electrons. The molecule has 2 atom stereocenters. The van der Waals surface area contributed by atoms with Gasteiger partial charge in [0.25, 0.3) is 10.0 Å². The quantitative estimate of drug-likeness (QED) is 0.877. The molecule has 2 unspecified atom stereocenters. The molecule has 7 heteroatoms. The minimum atomic E-state index is -3.54. The molecule has 0 bridgehead atoms. The van der Waals surface area contributed by atoms with E-state index in [0.717, 1.165) is 24.8 Å². The first-order valence-corrected chi connectivity index (χ1v) is 8.35. The van der Waals surface area contributed by atoms with Crippen molar-refractivity contribution in [2.75, 3.05) is 13.2 Å². The summed E-state index contributed by atoms with van der Waals surface area (Å²) in [5.74, 6) is 0. The fourth-order valence-corrected chi connectivity index (χ4v) is 4.57. The van der Waals surface area contributed by atoms with E-state index in [1.807, 2.05) is 0 Å². The smallest absolute Gasteiger partial charge is 0.260 e. The van der Waals surface area contributed by atoms with Crippen molar-refractivity contribution in [1.29, 1.82) is 0 Å². The predicted octanol–water partition coefficient (Wildman–Crippen LogP) is 0.482. The maximum Gasteiger partial charge on any atom is 0.260 e. The molecule has 110 valence electrons. The van der Waals surface area contributed by atoms with Gasteiger partial charge in [-0.05, 0) is 30.9 Å². The van der Waals surface area contributed by atoms with Crippen molar-refractivity contribution >= 4 is 10.0 Å². The van der Waals surface area contributed by atoms with Gasteiger partial charge in [0.2, 0.25) is 0 Å². The lowest BCUT2D eigenvalue weighted by Gasteiger charge is -2.36. The van der Waals surface area contributed by atoms with Crippen molar-refractivity contribution in [3.8, 4) is 0 Å². The average Bonchev–Trinajstić information content (AvgIpc) is 2.95. The molecule has 2 N–H and O–H groups in total. The van der Waals surface area contributed by atoms with E-state index in [-0.39, 0.29) is 17.2 Å². The van der Waals surface area contributed by atoms with Gasteiger partial charge in [0.1, 0.15) is 0 Å². The van der Waals surface area contributed by atoms with E-state index in [9.17, 15) is 8.42 Å². The zero-order chi connectivity index (χ0) is 14.2. The third-order valence-corrected chi connectivity index (χ3v) is 5.88. The highest BCUT2D eigenvalue weighted by molar-refractivity contribution is 7.89. The van der Waals surface area contributed by atoms with Crippen LogP contribution in [0, 0.1) is 0 Å². The van der Waals surface area contributed by atoms with E-state index in [2.05, 4.69) is 4.98 Å². The van der Waals surface area contributed by atoms with E-state index in [1.165, 1.54) is 12.3 Å². The summed E-state index contributed by atoms with van der Waals surface area (Å²) in [6.07, 6.45) is 4.39. The highest BCUT2D eigenvalue weighted by Gasteiger charge is 2.42. The molecule has 3 rings (SSSR count). The number of sulfonamides is 1. The fourth-order valence-electron chi connectivity index (χ4n) is 2.99. The lowest BCUT2D eigenvalue weighted by molar-refractivity contribution is -0.0242. The molecule has 2 fully saturated rings. The van der Waals surface area contributed by atoms with Gasteiger partial charge in [-0.1, -0.05) is 6.07 Å². The van der Waals surface area contributed by atoms with Crippen LogP contribution in [0.25, 0.3) is 0 Å². The van der Waals surface area contributed by atoms with E-state index < -0.39 is 10.0 Å². The molecule has 6 nitrogen and oxygen atoms in total. The standard InChI is InChI=1S/C13H19N3O3S/c14-8-10-4-5-13(15-9-10)20(17,18)16-6-7-19-12-3-1-2-11(12)16/h4-5,9,11-12H,1-3,6-8,14H2. The Morgan fingerprint density at radius 2 is 2.25 bits per heavy atom. The topological polar surface area (TPSA) is 85.5 Å². The number of fused-ring (bicyclic) bond motifs is 1. The molecule has 1 aromatic rings. The third kappa shape index (κ3) is 2.35. The number of nitrogens with two attached hydrogens (primary N) is 1. The Morgan fingerprint density at radius 1 is 1.40 bits per heavy atom. The van der Waals surface area contributed by atoms with Crippen LogP contribution in [0.15, 0.2) is 23.4 Å². The van der Waals surface area contributed by atoms with Crippen molar-refractivity contribution in [2.24, 2.45) is 5.73 Å². The molecule has 1 aliphatic carbocycles. The molecule has 1 aromatic heterocycles.